The lowest BCUT2D eigenvalue weighted by Crippen LogP contribution is -2.47. The van der Waals surface area contributed by atoms with Gasteiger partial charge >= 0.3 is 12.2 Å². The lowest BCUT2D eigenvalue weighted by Gasteiger charge is -2.29. The Morgan fingerprint density at radius 1 is 0.441 bits per heavy atom. The van der Waals surface area contributed by atoms with E-state index in [4.69, 9.17) is 15.2 Å². The van der Waals surface area contributed by atoms with Crippen LogP contribution < -0.4 is 11.1 Å². The van der Waals surface area contributed by atoms with Crippen molar-refractivity contribution in [2.75, 3.05) is 52.4 Å². The smallest absolute Gasteiger partial charge is 0.410 e. The first-order valence-electron chi connectivity index (χ1n) is 24.3. The van der Waals surface area contributed by atoms with E-state index in [2.05, 4.69) is 19.2 Å². The van der Waals surface area contributed by atoms with E-state index in [1.165, 1.54) is 133 Å². The number of hydrogen-bond acceptors (Lipinski definition) is 7. The second kappa shape index (κ2) is 36.1. The average Bonchev–Trinajstić information content (AvgIpc) is 3.16. The zero-order valence-electron chi connectivity index (χ0n) is 39.9. The van der Waals surface area contributed by atoms with Gasteiger partial charge in [-0.15, -0.1) is 0 Å². The first-order valence-corrected chi connectivity index (χ1v) is 24.3. The van der Waals surface area contributed by atoms with Gasteiger partial charge in [-0.2, -0.15) is 0 Å². The second-order valence-electron chi connectivity index (χ2n) is 18.8. The number of rotatable bonds is 37. The van der Waals surface area contributed by atoms with Gasteiger partial charge in [-0.25, -0.2) is 9.59 Å². The molecule has 11 nitrogen and oxygen atoms in total. The molecule has 0 aliphatic rings. The van der Waals surface area contributed by atoms with Crippen LogP contribution in [-0.2, 0) is 19.1 Å². The maximum atomic E-state index is 13.6. The van der Waals surface area contributed by atoms with Crippen LogP contribution in [0, 0.1) is 0 Å². The van der Waals surface area contributed by atoms with Crippen LogP contribution in [0.15, 0.2) is 0 Å². The van der Waals surface area contributed by atoms with Gasteiger partial charge < -0.3 is 30.3 Å². The molecule has 0 aromatic heterocycles. The Hall–Kier alpha value is -2.56. The lowest BCUT2D eigenvalue weighted by molar-refractivity contribution is -0.133. The van der Waals surface area contributed by atoms with Crippen LogP contribution in [0.4, 0.5) is 9.59 Å². The van der Waals surface area contributed by atoms with Gasteiger partial charge in [0.15, 0.2) is 0 Å². The van der Waals surface area contributed by atoms with Crippen LogP contribution in [0.5, 0.6) is 0 Å². The summed E-state index contributed by atoms with van der Waals surface area (Å²) in [5.41, 5.74) is 4.32. The summed E-state index contributed by atoms with van der Waals surface area (Å²) in [5, 5.41) is 2.80. The number of unbranched alkanes of at least 4 members (excludes halogenated alkanes) is 22. The van der Waals surface area contributed by atoms with E-state index in [9.17, 15) is 19.2 Å². The Morgan fingerprint density at radius 3 is 1.14 bits per heavy atom. The van der Waals surface area contributed by atoms with E-state index >= 15 is 0 Å². The van der Waals surface area contributed by atoms with E-state index in [1.54, 1.807) is 25.7 Å². The van der Waals surface area contributed by atoms with E-state index in [1.807, 2.05) is 25.7 Å². The predicted octanol–water partition coefficient (Wildman–Crippen LogP) is 11.5. The van der Waals surface area contributed by atoms with Crippen molar-refractivity contribution in [3.63, 3.8) is 0 Å². The highest BCUT2D eigenvalue weighted by Gasteiger charge is 2.26. The minimum absolute atomic E-state index is 0.0822. The number of carbonyl (C=O) groups is 4. The average molecular weight is 838 g/mol. The van der Waals surface area contributed by atoms with E-state index in [0.29, 0.717) is 45.6 Å². The van der Waals surface area contributed by atoms with E-state index < -0.39 is 29.3 Å². The molecule has 4 amide bonds. The van der Waals surface area contributed by atoms with Crippen molar-refractivity contribution in [3.05, 3.63) is 0 Å². The summed E-state index contributed by atoms with van der Waals surface area (Å²) in [7, 11) is 0. The maximum Gasteiger partial charge on any atom is 0.410 e. The highest BCUT2D eigenvalue weighted by atomic mass is 16.6. The Morgan fingerprint density at radius 2 is 0.763 bits per heavy atom. The summed E-state index contributed by atoms with van der Waals surface area (Å²) in [5.74, 6) is -0.506. The number of amides is 4. The lowest BCUT2D eigenvalue weighted by atomic mass is 10.0. The third-order valence-corrected chi connectivity index (χ3v) is 10.5. The molecule has 0 bridgehead atoms. The van der Waals surface area contributed by atoms with Crippen LogP contribution in [0.25, 0.3) is 0 Å². The fourth-order valence-electron chi connectivity index (χ4n) is 7.08. The SMILES string of the molecule is CCCCCCCCCCCCCCN(CCCCCCCCCCCCCC)C(=O)CNC(=O)CN(CCCN(CCCN)C(=O)OC(C)(C)C)C(=O)OC(C)(C)C. The van der Waals surface area contributed by atoms with Gasteiger partial charge in [0.1, 0.15) is 17.7 Å². The third kappa shape index (κ3) is 35.9. The predicted molar refractivity (Wildman–Crippen MR) is 246 cm³/mol. The van der Waals surface area contributed by atoms with Crippen molar-refractivity contribution in [1.29, 1.82) is 0 Å². The molecule has 0 fully saturated rings. The minimum atomic E-state index is -0.756. The zero-order valence-corrected chi connectivity index (χ0v) is 39.9. The maximum absolute atomic E-state index is 13.6. The molecule has 0 aromatic carbocycles. The topological polar surface area (TPSA) is 135 Å². The number of nitrogens with zero attached hydrogens (tertiary/aromatic N) is 3. The van der Waals surface area contributed by atoms with Gasteiger partial charge in [-0.1, -0.05) is 155 Å². The van der Waals surface area contributed by atoms with Crippen LogP contribution in [0.2, 0.25) is 0 Å². The van der Waals surface area contributed by atoms with Crippen LogP contribution in [0.1, 0.15) is 222 Å². The van der Waals surface area contributed by atoms with Crippen molar-refractivity contribution in [3.8, 4) is 0 Å². The molecule has 0 unspecified atom stereocenters. The van der Waals surface area contributed by atoms with Gasteiger partial charge in [0.25, 0.3) is 0 Å². The van der Waals surface area contributed by atoms with Crippen molar-refractivity contribution < 1.29 is 28.7 Å². The number of nitrogens with one attached hydrogen (secondary N) is 1. The molecule has 348 valence electrons. The van der Waals surface area contributed by atoms with Crippen molar-refractivity contribution in [2.24, 2.45) is 5.73 Å². The zero-order chi connectivity index (χ0) is 44.2. The van der Waals surface area contributed by atoms with Gasteiger partial charge in [-0.05, 0) is 73.8 Å². The van der Waals surface area contributed by atoms with E-state index in [0.717, 1.165) is 25.7 Å². The fraction of sp³-hybridized carbons (Fsp3) is 0.917. The molecule has 0 saturated carbocycles. The molecule has 0 saturated heterocycles. The van der Waals surface area contributed by atoms with Gasteiger partial charge in [0.2, 0.25) is 11.8 Å². The Kier molecular flexibility index (Phi) is 34.6. The first kappa shape index (κ1) is 56.4. The summed E-state index contributed by atoms with van der Waals surface area (Å²) < 4.78 is 11.2. The molecule has 3 N–H and O–H groups in total. The Labute approximate surface area is 363 Å². The van der Waals surface area contributed by atoms with Gasteiger partial charge in [-0.3, -0.25) is 14.5 Å². The normalized spacial score (nSPS) is 11.7. The molecular weight excluding hydrogens is 743 g/mol. The number of nitrogens with two attached hydrogens (primary N) is 1. The summed E-state index contributed by atoms with van der Waals surface area (Å²) in [6.07, 6.45) is 30.4. The number of ether oxygens (including phenoxy) is 2. The van der Waals surface area contributed by atoms with Gasteiger partial charge in [0, 0.05) is 32.7 Å². The molecule has 59 heavy (non-hydrogen) atoms. The highest BCUT2D eigenvalue weighted by Crippen LogP contribution is 2.16. The van der Waals surface area contributed by atoms with Crippen molar-refractivity contribution in [1.82, 2.24) is 20.0 Å². The first-order chi connectivity index (χ1) is 28.1. The molecule has 0 aliphatic heterocycles. The van der Waals surface area contributed by atoms with E-state index in [-0.39, 0.29) is 25.5 Å². The monoisotopic (exact) mass is 838 g/mol. The van der Waals surface area contributed by atoms with Gasteiger partial charge in [0.05, 0.1) is 6.54 Å². The molecule has 0 aliphatic carbocycles. The largest absolute Gasteiger partial charge is 0.444 e. The summed E-state index contributed by atoms with van der Waals surface area (Å²) in [6, 6.07) is 0. The number of hydrogen-bond donors (Lipinski definition) is 2. The Balaban J connectivity index is 5.18. The Bertz CT molecular complexity index is 1030. The van der Waals surface area contributed by atoms with Crippen LogP contribution in [0.3, 0.4) is 0 Å². The molecule has 0 aromatic rings. The molecule has 0 heterocycles. The van der Waals surface area contributed by atoms with Crippen molar-refractivity contribution in [2.45, 2.75) is 234 Å². The van der Waals surface area contributed by atoms with Crippen LogP contribution >= 0.6 is 0 Å². The van der Waals surface area contributed by atoms with Crippen LogP contribution in [-0.4, -0.2) is 102 Å². The molecule has 0 radical (unpaired) electrons. The summed E-state index contributed by atoms with van der Waals surface area (Å²) in [4.78, 5) is 57.8. The molecule has 0 atom stereocenters. The fourth-order valence-corrected chi connectivity index (χ4v) is 7.08. The third-order valence-electron chi connectivity index (χ3n) is 10.5. The molecule has 0 spiro atoms. The van der Waals surface area contributed by atoms with Crippen molar-refractivity contribution >= 4 is 24.0 Å². The molecule has 0 rings (SSSR count). The summed E-state index contributed by atoms with van der Waals surface area (Å²) in [6.45, 7) is 17.7. The quantitative estimate of drug-likeness (QED) is 0.0595. The second-order valence-corrected chi connectivity index (χ2v) is 18.8. The highest BCUT2D eigenvalue weighted by molar-refractivity contribution is 5.87. The molecular formula is C48H95N5O6. The molecule has 11 heteroatoms. The minimum Gasteiger partial charge on any atom is -0.444 e. The standard InChI is InChI=1S/C48H95N5O6/c1-9-11-13-15-17-19-21-23-25-27-29-31-36-51(37-32-30-28-26-24-22-20-18-16-14-12-10-2)44(55)41-50-43(54)42-53(46(57)59-48(6,7)8)40-34-39-52(38-33-35-49)45(56)58-47(3,4)5/h9-42,49H2,1-8H3,(H,50,54). The number of carbonyl (C=O) groups excluding carboxylic acids is 4. The summed E-state index contributed by atoms with van der Waals surface area (Å²) >= 11 is 0.